The molecular weight excluding hydrogens is 729 g/mol. The fourth-order valence-corrected chi connectivity index (χ4v) is 18.2. The van der Waals surface area contributed by atoms with E-state index >= 15 is 0 Å². The summed E-state index contributed by atoms with van der Waals surface area (Å²) in [6.07, 6.45) is 37.6. The van der Waals surface area contributed by atoms with Crippen LogP contribution in [0.15, 0.2) is 36.0 Å². The first kappa shape index (κ1) is 47.1. The Kier molecular flexibility index (Phi) is 14.6. The summed E-state index contributed by atoms with van der Waals surface area (Å²) in [6, 6.07) is 0. The Morgan fingerprint density at radius 2 is 1.05 bits per heavy atom. The SMILES string of the molecule is CC[C@H](/C=C/[C@@H](C)C1CCC2C3CC=C4C[C@@H](O)CC[C@]4(C)C3CC[C@@]21C)C(C)C.CC[C@H](/C=C/[C@@H](C)C1CCC2C3CCC4C[C@@H](O)CC[C@]4(C)C3CC[C@@]21C)C(C)C. The lowest BCUT2D eigenvalue weighted by atomic mass is 9.44. The van der Waals surface area contributed by atoms with Crippen molar-refractivity contribution in [2.45, 2.75) is 217 Å². The van der Waals surface area contributed by atoms with Crippen LogP contribution < -0.4 is 0 Å². The molecule has 0 amide bonds. The Hall–Kier alpha value is -0.860. The summed E-state index contributed by atoms with van der Waals surface area (Å²) in [5.41, 5.74) is 3.58. The normalized spacial score (nSPS) is 46.9. The molecule has 19 atom stereocenters. The molecule has 0 spiro atoms. The number of rotatable bonds is 10. The van der Waals surface area contributed by atoms with Gasteiger partial charge in [0.05, 0.1) is 12.2 Å². The van der Waals surface area contributed by atoms with Crippen LogP contribution in [0.2, 0.25) is 0 Å². The molecule has 0 saturated heterocycles. The number of allylic oxidation sites excluding steroid dienone is 5. The van der Waals surface area contributed by atoms with E-state index in [2.05, 4.69) is 113 Å². The molecule has 2 N–H and O–H groups in total. The van der Waals surface area contributed by atoms with Crippen molar-refractivity contribution >= 4 is 0 Å². The second-order valence-corrected chi connectivity index (χ2v) is 25.3. The summed E-state index contributed by atoms with van der Waals surface area (Å²) in [5, 5.41) is 20.5. The molecule has 8 rings (SSSR count). The van der Waals surface area contributed by atoms with Gasteiger partial charge in [-0.1, -0.05) is 119 Å². The first-order valence-corrected chi connectivity index (χ1v) is 26.8. The molecule has 9 unspecified atom stereocenters. The largest absolute Gasteiger partial charge is 0.393 e. The van der Waals surface area contributed by atoms with Gasteiger partial charge in [-0.3, -0.25) is 0 Å². The second kappa shape index (κ2) is 18.6. The summed E-state index contributed by atoms with van der Waals surface area (Å²) in [7, 11) is 0. The predicted molar refractivity (Wildman–Crippen MR) is 256 cm³/mol. The third-order valence-electron chi connectivity index (χ3n) is 22.1. The van der Waals surface area contributed by atoms with Gasteiger partial charge in [-0.25, -0.2) is 0 Å². The predicted octanol–water partition coefficient (Wildman–Crippen LogP) is 15.7. The zero-order valence-electron chi connectivity index (χ0n) is 41.5. The van der Waals surface area contributed by atoms with Gasteiger partial charge in [-0.2, -0.15) is 0 Å². The van der Waals surface area contributed by atoms with Crippen molar-refractivity contribution in [1.29, 1.82) is 0 Å². The minimum Gasteiger partial charge on any atom is -0.393 e. The molecule has 0 bridgehead atoms. The van der Waals surface area contributed by atoms with Crippen LogP contribution in [0.5, 0.6) is 0 Å². The van der Waals surface area contributed by atoms with E-state index in [1.54, 1.807) is 5.57 Å². The molecule has 7 fully saturated rings. The lowest BCUT2D eigenvalue weighted by Gasteiger charge is -2.61. The summed E-state index contributed by atoms with van der Waals surface area (Å²) in [4.78, 5) is 0. The minimum atomic E-state index is -0.0870. The first-order chi connectivity index (χ1) is 28.4. The molecule has 8 aliphatic rings. The van der Waals surface area contributed by atoms with Crippen molar-refractivity contribution in [2.75, 3.05) is 0 Å². The average Bonchev–Trinajstić information content (AvgIpc) is 3.75. The van der Waals surface area contributed by atoms with Crippen molar-refractivity contribution in [3.8, 4) is 0 Å². The van der Waals surface area contributed by atoms with Crippen molar-refractivity contribution in [2.24, 2.45) is 110 Å². The Morgan fingerprint density at radius 1 is 0.550 bits per heavy atom. The van der Waals surface area contributed by atoms with Crippen LogP contribution in [0.4, 0.5) is 0 Å². The molecule has 0 aromatic rings. The molecule has 8 aliphatic carbocycles. The molecule has 60 heavy (non-hydrogen) atoms. The lowest BCUT2D eigenvalue weighted by molar-refractivity contribution is -0.128. The van der Waals surface area contributed by atoms with E-state index in [4.69, 9.17) is 0 Å². The van der Waals surface area contributed by atoms with Gasteiger partial charge in [0.15, 0.2) is 0 Å². The molecule has 0 aliphatic heterocycles. The number of aliphatic hydroxyl groups is 2. The summed E-state index contributed by atoms with van der Waals surface area (Å²) in [6.45, 7) is 29.7. The molecule has 0 heterocycles. The molecule has 7 saturated carbocycles. The van der Waals surface area contributed by atoms with Gasteiger partial charge in [-0.05, 0) is 232 Å². The molecule has 0 aromatic heterocycles. The Morgan fingerprint density at radius 3 is 1.60 bits per heavy atom. The third kappa shape index (κ3) is 8.55. The highest BCUT2D eigenvalue weighted by atomic mass is 16.3. The van der Waals surface area contributed by atoms with Crippen LogP contribution in [-0.2, 0) is 0 Å². The number of fused-ring (bicyclic) bond motifs is 10. The van der Waals surface area contributed by atoms with Crippen molar-refractivity contribution in [3.63, 3.8) is 0 Å². The van der Waals surface area contributed by atoms with Gasteiger partial charge in [0.2, 0.25) is 0 Å². The van der Waals surface area contributed by atoms with E-state index in [9.17, 15) is 10.2 Å². The van der Waals surface area contributed by atoms with Crippen molar-refractivity contribution in [1.82, 2.24) is 0 Å². The van der Waals surface area contributed by atoms with E-state index < -0.39 is 0 Å². The summed E-state index contributed by atoms with van der Waals surface area (Å²) < 4.78 is 0. The van der Waals surface area contributed by atoms with Gasteiger partial charge in [0.25, 0.3) is 0 Å². The number of hydrogen-bond acceptors (Lipinski definition) is 2. The van der Waals surface area contributed by atoms with Crippen LogP contribution in [-0.4, -0.2) is 22.4 Å². The summed E-state index contributed by atoms with van der Waals surface area (Å²) >= 11 is 0. The number of hydrogen-bond donors (Lipinski definition) is 2. The van der Waals surface area contributed by atoms with Gasteiger partial charge < -0.3 is 10.2 Å². The van der Waals surface area contributed by atoms with Crippen molar-refractivity contribution < 1.29 is 10.2 Å². The Balaban J connectivity index is 0.000000181. The molecule has 2 heteroatoms. The van der Waals surface area contributed by atoms with Crippen LogP contribution >= 0.6 is 0 Å². The fraction of sp³-hybridized carbons (Fsp3) is 0.897. The fourth-order valence-electron chi connectivity index (χ4n) is 18.2. The third-order valence-corrected chi connectivity index (χ3v) is 22.1. The molecular formula is C58H98O2. The monoisotopic (exact) mass is 827 g/mol. The van der Waals surface area contributed by atoms with E-state index in [0.29, 0.717) is 27.6 Å². The van der Waals surface area contributed by atoms with Gasteiger partial charge in [0.1, 0.15) is 0 Å². The molecule has 0 aromatic carbocycles. The maximum absolute atomic E-state index is 10.3. The van der Waals surface area contributed by atoms with E-state index in [1.165, 1.54) is 96.3 Å². The quantitative estimate of drug-likeness (QED) is 0.215. The van der Waals surface area contributed by atoms with Gasteiger partial charge >= 0.3 is 0 Å². The lowest BCUT2D eigenvalue weighted by Crippen LogP contribution is -2.54. The highest BCUT2D eigenvalue weighted by molar-refractivity contribution is 5.25. The zero-order valence-corrected chi connectivity index (χ0v) is 41.5. The van der Waals surface area contributed by atoms with Crippen LogP contribution in [0, 0.1) is 110 Å². The van der Waals surface area contributed by atoms with Crippen molar-refractivity contribution in [3.05, 3.63) is 36.0 Å². The molecule has 342 valence electrons. The standard InChI is InChI=1S/C29H50O.C29H48O/c2*1-7-21(19(2)3)9-8-20(4)25-12-13-26-24-11-10-22-18-23(30)14-16-28(22,5)27(24)15-17-29(25,26)6/h8-9,19-27,30H,7,10-18H2,1-6H3;8-10,19-21,23-27,30H,7,11-18H2,1-6H3/b2*9-8+/t20-,21-,22?,23+,24?,25?,26?,27?,28+,29-;20-,21-,23+,24?,25?,26?,27?,28+,29-/m11/s1. The first-order valence-electron chi connectivity index (χ1n) is 26.8. The maximum Gasteiger partial charge on any atom is 0.0577 e. The van der Waals surface area contributed by atoms with Crippen LogP contribution in [0.25, 0.3) is 0 Å². The maximum atomic E-state index is 10.3. The highest BCUT2D eigenvalue weighted by Crippen LogP contribution is 2.69. The zero-order chi connectivity index (χ0) is 43.4. The second-order valence-electron chi connectivity index (χ2n) is 25.3. The minimum absolute atomic E-state index is 0.0187. The highest BCUT2D eigenvalue weighted by Gasteiger charge is 2.61. The van der Waals surface area contributed by atoms with E-state index in [0.717, 1.165) is 109 Å². The van der Waals surface area contributed by atoms with Crippen LogP contribution in [0.3, 0.4) is 0 Å². The smallest absolute Gasteiger partial charge is 0.0577 e. The Bertz CT molecular complexity index is 1520. The van der Waals surface area contributed by atoms with E-state index in [1.807, 2.05) is 0 Å². The van der Waals surface area contributed by atoms with Crippen LogP contribution in [0.1, 0.15) is 205 Å². The molecule has 2 nitrogen and oxygen atoms in total. The average molecular weight is 827 g/mol. The topological polar surface area (TPSA) is 40.5 Å². The summed E-state index contributed by atoms with van der Waals surface area (Å²) in [5.74, 6) is 12.4. The van der Waals surface area contributed by atoms with E-state index in [-0.39, 0.29) is 12.2 Å². The van der Waals surface area contributed by atoms with Gasteiger partial charge in [0, 0.05) is 0 Å². The molecule has 0 radical (unpaired) electrons. The van der Waals surface area contributed by atoms with Gasteiger partial charge in [-0.15, -0.1) is 0 Å². The Labute approximate surface area is 372 Å². The number of aliphatic hydroxyl groups excluding tert-OH is 2.